The van der Waals surface area contributed by atoms with Crippen LogP contribution in [0.4, 0.5) is 0 Å². The Balaban J connectivity index is 1.44. The molecule has 2 unspecified atom stereocenters. The Morgan fingerprint density at radius 2 is 2.21 bits per heavy atom. The van der Waals surface area contributed by atoms with Crippen LogP contribution in [0.1, 0.15) is 35.7 Å². The molecule has 6 nitrogen and oxygen atoms in total. The predicted octanol–water partition coefficient (Wildman–Crippen LogP) is 1.93. The molecule has 1 fully saturated rings. The van der Waals surface area contributed by atoms with Crippen molar-refractivity contribution in [1.82, 2.24) is 0 Å². The smallest absolute Gasteiger partial charge is 0.335 e. The quantitative estimate of drug-likeness (QED) is 0.560. The third-order valence-electron chi connectivity index (χ3n) is 4.24. The Morgan fingerprint density at radius 3 is 3.00 bits per heavy atom. The minimum atomic E-state index is -0.713. The van der Waals surface area contributed by atoms with Crippen molar-refractivity contribution in [1.29, 1.82) is 0 Å². The molecule has 0 spiro atoms. The van der Waals surface area contributed by atoms with Crippen LogP contribution in [0.15, 0.2) is 18.2 Å². The highest BCUT2D eigenvalue weighted by molar-refractivity contribution is 5.98. The Kier molecular flexibility index (Phi) is 5.48. The van der Waals surface area contributed by atoms with Crippen molar-refractivity contribution in [3.63, 3.8) is 0 Å². The van der Waals surface area contributed by atoms with Gasteiger partial charge in [0.25, 0.3) is 0 Å². The summed E-state index contributed by atoms with van der Waals surface area (Å²) in [5, 5.41) is 0. The lowest BCUT2D eigenvalue weighted by molar-refractivity contribution is -0.156. The second kappa shape index (κ2) is 7.77. The van der Waals surface area contributed by atoms with Gasteiger partial charge in [0.2, 0.25) is 0 Å². The van der Waals surface area contributed by atoms with Crippen LogP contribution in [0.2, 0.25) is 0 Å². The van der Waals surface area contributed by atoms with Crippen LogP contribution in [0.5, 0.6) is 5.75 Å². The number of benzene rings is 1. The molecule has 1 saturated heterocycles. The average Bonchev–Trinajstić information content (AvgIpc) is 3.27. The molecule has 3 rings (SSSR count). The third kappa shape index (κ3) is 4.13. The van der Waals surface area contributed by atoms with Crippen molar-refractivity contribution in [2.75, 3.05) is 26.4 Å². The van der Waals surface area contributed by atoms with E-state index in [0.29, 0.717) is 18.8 Å². The van der Waals surface area contributed by atoms with Crippen LogP contribution >= 0.6 is 0 Å². The highest BCUT2D eigenvalue weighted by atomic mass is 16.6. The second-order valence-corrected chi connectivity index (χ2v) is 6.06. The molecule has 6 heteroatoms. The van der Waals surface area contributed by atoms with Crippen molar-refractivity contribution in [3.05, 3.63) is 29.3 Å². The number of hydrogen-bond acceptors (Lipinski definition) is 6. The molecule has 0 N–H and O–H groups in total. The SMILES string of the molecule is CC(OCC1CCCO1)C(=O)OCC(=O)c1ccc2c(c1)CCO2. The highest BCUT2D eigenvalue weighted by Crippen LogP contribution is 2.26. The Labute approximate surface area is 141 Å². The van der Waals surface area contributed by atoms with Crippen LogP contribution in [0.3, 0.4) is 0 Å². The van der Waals surface area contributed by atoms with Crippen molar-refractivity contribution < 1.29 is 28.5 Å². The minimum absolute atomic E-state index is 0.0514. The van der Waals surface area contributed by atoms with E-state index < -0.39 is 12.1 Å². The van der Waals surface area contributed by atoms with Crippen molar-refractivity contribution in [3.8, 4) is 5.75 Å². The fourth-order valence-corrected chi connectivity index (χ4v) is 2.79. The summed E-state index contributed by atoms with van der Waals surface area (Å²) in [7, 11) is 0. The summed E-state index contributed by atoms with van der Waals surface area (Å²) in [5.74, 6) is 0.0508. The molecule has 0 radical (unpaired) electrons. The molecule has 0 saturated carbocycles. The van der Waals surface area contributed by atoms with E-state index in [9.17, 15) is 9.59 Å². The third-order valence-corrected chi connectivity index (χ3v) is 4.24. The van der Waals surface area contributed by atoms with Gasteiger partial charge in [0.05, 0.1) is 19.3 Å². The predicted molar refractivity (Wildman–Crippen MR) is 85.3 cm³/mol. The van der Waals surface area contributed by atoms with Gasteiger partial charge in [-0.2, -0.15) is 0 Å². The van der Waals surface area contributed by atoms with E-state index in [1.54, 1.807) is 25.1 Å². The maximum atomic E-state index is 12.2. The molecule has 1 aromatic rings. The first-order chi connectivity index (χ1) is 11.6. The van der Waals surface area contributed by atoms with Gasteiger partial charge in [-0.15, -0.1) is 0 Å². The molecule has 1 aromatic carbocycles. The van der Waals surface area contributed by atoms with Gasteiger partial charge in [0.15, 0.2) is 18.5 Å². The lowest BCUT2D eigenvalue weighted by Crippen LogP contribution is -2.28. The fraction of sp³-hybridized carbons (Fsp3) is 0.556. The zero-order chi connectivity index (χ0) is 16.9. The number of carbonyl (C=O) groups excluding carboxylic acids is 2. The number of rotatable bonds is 7. The summed E-state index contributed by atoms with van der Waals surface area (Å²) < 4.78 is 21.4. The molecule has 24 heavy (non-hydrogen) atoms. The van der Waals surface area contributed by atoms with E-state index in [2.05, 4.69) is 0 Å². The van der Waals surface area contributed by atoms with E-state index >= 15 is 0 Å². The molecule has 2 heterocycles. The number of ketones is 1. The maximum Gasteiger partial charge on any atom is 0.335 e. The van der Waals surface area contributed by atoms with Gasteiger partial charge in [0.1, 0.15) is 5.75 Å². The van der Waals surface area contributed by atoms with E-state index in [-0.39, 0.29) is 18.5 Å². The molecular formula is C18H22O6. The van der Waals surface area contributed by atoms with E-state index in [1.807, 2.05) is 0 Å². The zero-order valence-electron chi connectivity index (χ0n) is 13.8. The standard InChI is InChI=1S/C18H22O6/c1-12(23-10-15-3-2-7-21-15)18(20)24-11-16(19)13-4-5-17-14(9-13)6-8-22-17/h4-5,9,12,15H,2-3,6-8,10-11H2,1H3. The van der Waals surface area contributed by atoms with E-state index in [1.165, 1.54) is 0 Å². The largest absolute Gasteiger partial charge is 0.493 e. The molecule has 130 valence electrons. The molecule has 0 bridgehead atoms. The minimum Gasteiger partial charge on any atom is -0.493 e. The fourth-order valence-electron chi connectivity index (χ4n) is 2.79. The molecule has 2 atom stereocenters. The zero-order valence-corrected chi connectivity index (χ0v) is 13.8. The molecule has 0 aliphatic carbocycles. The first-order valence-electron chi connectivity index (χ1n) is 8.32. The summed E-state index contributed by atoms with van der Waals surface area (Å²) >= 11 is 0. The molecule has 0 aromatic heterocycles. The maximum absolute atomic E-state index is 12.2. The molecule has 2 aliphatic heterocycles. The molecule has 0 amide bonds. The van der Waals surface area contributed by atoms with Crippen molar-refractivity contribution in [2.24, 2.45) is 0 Å². The Hall–Kier alpha value is -1.92. The van der Waals surface area contributed by atoms with Gasteiger partial charge in [-0.25, -0.2) is 4.79 Å². The van der Waals surface area contributed by atoms with Gasteiger partial charge in [-0.1, -0.05) is 0 Å². The van der Waals surface area contributed by atoms with E-state index in [0.717, 1.165) is 37.2 Å². The van der Waals surface area contributed by atoms with E-state index in [4.69, 9.17) is 18.9 Å². The normalized spacial score (nSPS) is 20.3. The summed E-state index contributed by atoms with van der Waals surface area (Å²) in [4.78, 5) is 24.1. The van der Waals surface area contributed by atoms with Crippen molar-refractivity contribution >= 4 is 11.8 Å². The average molecular weight is 334 g/mol. The number of Topliss-reactive ketones (excluding diaryl/α,β-unsaturated/α-hetero) is 1. The first kappa shape index (κ1) is 16.9. The number of hydrogen-bond donors (Lipinski definition) is 0. The Bertz CT molecular complexity index is 606. The summed E-state index contributed by atoms with van der Waals surface area (Å²) in [6, 6.07) is 5.28. The van der Waals surface area contributed by atoms with Crippen molar-refractivity contribution in [2.45, 2.75) is 38.4 Å². The lowest BCUT2D eigenvalue weighted by atomic mass is 10.1. The first-order valence-corrected chi connectivity index (χ1v) is 8.32. The summed E-state index contributed by atoms with van der Waals surface area (Å²) in [5.41, 5.74) is 1.54. The molecule has 2 aliphatic rings. The number of carbonyl (C=O) groups is 2. The van der Waals surface area contributed by atoms with Crippen LogP contribution in [-0.2, 0) is 25.4 Å². The van der Waals surface area contributed by atoms with Crippen LogP contribution < -0.4 is 4.74 Å². The van der Waals surface area contributed by atoms with Crippen LogP contribution in [0.25, 0.3) is 0 Å². The van der Waals surface area contributed by atoms with Gasteiger partial charge >= 0.3 is 5.97 Å². The number of ether oxygens (including phenoxy) is 4. The summed E-state index contributed by atoms with van der Waals surface area (Å²) in [6.07, 6.45) is 2.10. The molecular weight excluding hydrogens is 312 g/mol. The van der Waals surface area contributed by atoms with Crippen LogP contribution in [0, 0.1) is 0 Å². The second-order valence-electron chi connectivity index (χ2n) is 6.06. The topological polar surface area (TPSA) is 71.1 Å². The van der Waals surface area contributed by atoms with Crippen LogP contribution in [-0.4, -0.2) is 50.4 Å². The van der Waals surface area contributed by atoms with Gasteiger partial charge in [0, 0.05) is 18.6 Å². The van der Waals surface area contributed by atoms with Gasteiger partial charge in [-0.3, -0.25) is 4.79 Å². The monoisotopic (exact) mass is 334 g/mol. The summed E-state index contributed by atoms with van der Waals surface area (Å²) in [6.45, 7) is 3.09. The lowest BCUT2D eigenvalue weighted by Gasteiger charge is -2.15. The number of esters is 1. The highest BCUT2D eigenvalue weighted by Gasteiger charge is 2.22. The Morgan fingerprint density at radius 1 is 1.33 bits per heavy atom. The van der Waals surface area contributed by atoms with Gasteiger partial charge < -0.3 is 18.9 Å². The van der Waals surface area contributed by atoms with Gasteiger partial charge in [-0.05, 0) is 43.5 Å². The number of fused-ring (bicyclic) bond motifs is 1.